The molecule has 1 fully saturated rings. The van der Waals surface area contributed by atoms with Crippen LogP contribution in [0.15, 0.2) is 103 Å². The second-order valence-electron chi connectivity index (χ2n) is 7.34. The zero-order valence-electron chi connectivity index (χ0n) is 16.8. The largest absolute Gasteiger partial charge is 1.00 e. The van der Waals surface area contributed by atoms with Gasteiger partial charge in [-0.3, -0.25) is 9.69 Å². The minimum absolute atomic E-state index is 0. The summed E-state index contributed by atoms with van der Waals surface area (Å²) in [6, 6.07) is 31.9. The predicted molar refractivity (Wildman–Crippen MR) is 128 cm³/mol. The highest BCUT2D eigenvalue weighted by molar-refractivity contribution is 7.97. The molecule has 4 aromatic rings. The number of benzene rings is 3. The van der Waals surface area contributed by atoms with Gasteiger partial charge in [-0.1, -0.05) is 54.6 Å². The molecule has 6 heteroatoms. The molecule has 0 aliphatic carbocycles. The molecular formula is C25H22BrN2OPS. The number of carbonyl (C=O) groups is 1. The van der Waals surface area contributed by atoms with Gasteiger partial charge in [-0.2, -0.15) is 0 Å². The fourth-order valence-electron chi connectivity index (χ4n) is 4.54. The Labute approximate surface area is 197 Å². The topological polar surface area (TPSA) is 33.2 Å². The first-order valence-electron chi connectivity index (χ1n) is 10.1. The van der Waals surface area contributed by atoms with E-state index < -0.39 is 7.26 Å². The van der Waals surface area contributed by atoms with E-state index in [9.17, 15) is 4.79 Å². The molecule has 1 aliphatic rings. The molecule has 0 spiro atoms. The van der Waals surface area contributed by atoms with Gasteiger partial charge in [0.15, 0.2) is 10.8 Å². The summed E-state index contributed by atoms with van der Waals surface area (Å²) in [5.74, 6) is 0.190. The molecule has 1 aliphatic heterocycles. The number of nitrogens with zero attached hydrogens (tertiary/aromatic N) is 2. The summed E-state index contributed by atoms with van der Waals surface area (Å²) in [4.78, 5) is 20.2. The average molecular weight is 509 g/mol. The molecule has 0 N–H and O–H groups in total. The number of thiazole rings is 1. The van der Waals surface area contributed by atoms with Crippen molar-refractivity contribution in [2.75, 3.05) is 11.4 Å². The molecular weight excluding hydrogens is 487 g/mol. The molecule has 0 saturated carbocycles. The van der Waals surface area contributed by atoms with Gasteiger partial charge in [-0.05, 0) is 36.4 Å². The molecule has 1 aromatic heterocycles. The fourth-order valence-corrected chi connectivity index (χ4v) is 10.1. The lowest BCUT2D eigenvalue weighted by atomic mass is 10.3. The highest BCUT2D eigenvalue weighted by Crippen LogP contribution is 2.62. The van der Waals surface area contributed by atoms with Crippen LogP contribution < -0.4 is 37.8 Å². The smallest absolute Gasteiger partial charge is 0.270 e. The van der Waals surface area contributed by atoms with E-state index in [0.717, 1.165) is 11.6 Å². The Bertz CT molecular complexity index is 1030. The van der Waals surface area contributed by atoms with Gasteiger partial charge >= 0.3 is 0 Å². The van der Waals surface area contributed by atoms with Crippen LogP contribution in [0.5, 0.6) is 0 Å². The maximum atomic E-state index is 13.9. The van der Waals surface area contributed by atoms with Crippen LogP contribution >= 0.6 is 18.6 Å². The van der Waals surface area contributed by atoms with Gasteiger partial charge < -0.3 is 17.0 Å². The molecule has 156 valence electrons. The minimum atomic E-state index is -2.21. The van der Waals surface area contributed by atoms with Crippen LogP contribution in [0.4, 0.5) is 5.13 Å². The van der Waals surface area contributed by atoms with Crippen LogP contribution in [0.25, 0.3) is 0 Å². The number of amides is 1. The minimum Gasteiger partial charge on any atom is -1.00 e. The first kappa shape index (κ1) is 21.9. The van der Waals surface area contributed by atoms with Crippen molar-refractivity contribution >= 4 is 45.6 Å². The number of hydrogen-bond donors (Lipinski definition) is 0. The Morgan fingerprint density at radius 1 is 0.806 bits per heavy atom. The van der Waals surface area contributed by atoms with Crippen LogP contribution in [0.1, 0.15) is 6.42 Å². The van der Waals surface area contributed by atoms with Crippen molar-refractivity contribution in [1.82, 2.24) is 4.98 Å². The third kappa shape index (κ3) is 3.76. The Morgan fingerprint density at radius 2 is 1.29 bits per heavy atom. The molecule has 1 amide bonds. The molecule has 3 nitrogen and oxygen atoms in total. The van der Waals surface area contributed by atoms with Crippen LogP contribution in [-0.4, -0.2) is 23.1 Å². The summed E-state index contributed by atoms with van der Waals surface area (Å²) in [5.41, 5.74) is -0.103. The Kier molecular flexibility index (Phi) is 6.66. The van der Waals surface area contributed by atoms with Gasteiger partial charge in [0.1, 0.15) is 23.2 Å². The van der Waals surface area contributed by atoms with Gasteiger partial charge in [0.25, 0.3) is 5.91 Å². The van der Waals surface area contributed by atoms with Crippen molar-refractivity contribution in [3.05, 3.63) is 103 Å². The lowest BCUT2D eigenvalue weighted by molar-refractivity contribution is -0.116. The highest BCUT2D eigenvalue weighted by Gasteiger charge is 2.59. The van der Waals surface area contributed by atoms with E-state index in [2.05, 4.69) is 77.8 Å². The summed E-state index contributed by atoms with van der Waals surface area (Å²) < 4.78 is 0. The molecule has 0 radical (unpaired) electrons. The zero-order valence-corrected chi connectivity index (χ0v) is 20.1. The van der Waals surface area contributed by atoms with Gasteiger partial charge in [0, 0.05) is 24.5 Å². The highest BCUT2D eigenvalue weighted by atomic mass is 79.9. The summed E-state index contributed by atoms with van der Waals surface area (Å²) in [5, 5.41) is 6.49. The normalized spacial score (nSPS) is 16.2. The van der Waals surface area contributed by atoms with Crippen molar-refractivity contribution in [1.29, 1.82) is 0 Å². The van der Waals surface area contributed by atoms with E-state index in [1.807, 2.05) is 28.5 Å². The number of rotatable bonds is 5. The van der Waals surface area contributed by atoms with E-state index in [-0.39, 0.29) is 28.5 Å². The zero-order chi connectivity index (χ0) is 20.4. The van der Waals surface area contributed by atoms with Crippen molar-refractivity contribution in [3.63, 3.8) is 0 Å². The molecule has 5 rings (SSSR count). The number of hydrogen-bond acceptors (Lipinski definition) is 3. The number of aromatic nitrogens is 1. The SMILES string of the molecule is O=C1[C@H]([P+](c2ccccc2)(c2ccccc2)c2ccccc2)CCN1c1nccs1.[Br-]. The van der Waals surface area contributed by atoms with E-state index in [0.29, 0.717) is 6.54 Å². The number of carbonyl (C=O) groups excluding carboxylic acids is 1. The summed E-state index contributed by atoms with van der Waals surface area (Å²) in [7, 11) is -2.21. The van der Waals surface area contributed by atoms with Crippen LogP contribution in [0.2, 0.25) is 0 Å². The van der Waals surface area contributed by atoms with Crippen LogP contribution in [0, 0.1) is 0 Å². The van der Waals surface area contributed by atoms with Gasteiger partial charge in [-0.15, -0.1) is 11.3 Å². The van der Waals surface area contributed by atoms with Crippen molar-refractivity contribution in [2.45, 2.75) is 12.1 Å². The number of anilines is 1. The Hall–Kier alpha value is -2.33. The Morgan fingerprint density at radius 3 is 1.71 bits per heavy atom. The molecule has 0 bridgehead atoms. The molecule has 0 unspecified atom stereocenters. The molecule has 1 saturated heterocycles. The van der Waals surface area contributed by atoms with Gasteiger partial charge in [0.05, 0.1) is 0 Å². The maximum absolute atomic E-state index is 13.9. The average Bonchev–Trinajstić information content (AvgIpc) is 3.47. The van der Waals surface area contributed by atoms with Gasteiger partial charge in [0.2, 0.25) is 0 Å². The fraction of sp³-hybridized carbons (Fsp3) is 0.120. The van der Waals surface area contributed by atoms with E-state index >= 15 is 0 Å². The lowest BCUT2D eigenvalue weighted by Gasteiger charge is -2.31. The third-order valence-corrected chi connectivity index (χ3v) is 11.3. The van der Waals surface area contributed by atoms with Crippen molar-refractivity contribution < 1.29 is 21.8 Å². The molecule has 31 heavy (non-hydrogen) atoms. The quantitative estimate of drug-likeness (QED) is 0.380. The molecule has 2 heterocycles. The van der Waals surface area contributed by atoms with Crippen LogP contribution in [0.3, 0.4) is 0 Å². The second kappa shape index (κ2) is 9.44. The van der Waals surface area contributed by atoms with Crippen molar-refractivity contribution in [3.8, 4) is 0 Å². The predicted octanol–water partition coefficient (Wildman–Crippen LogP) is 1.25. The molecule has 3 aromatic carbocycles. The van der Waals surface area contributed by atoms with E-state index in [1.54, 1.807) is 6.20 Å². The molecule has 1 atom stereocenters. The standard InChI is InChI=1S/C25H22N2OPS.BrH/c28-24-23(16-18-27(24)25-26-17-19-30-25)29(20-10-4-1-5-11-20,21-12-6-2-7-13-21)22-14-8-3-9-15-22;/h1-15,17,19,23H,16,18H2;1H/q+1;/p-1/t23-;/m1./s1. The second-order valence-corrected chi connectivity index (χ2v) is 11.8. The van der Waals surface area contributed by atoms with Crippen molar-refractivity contribution in [2.24, 2.45) is 0 Å². The van der Waals surface area contributed by atoms with E-state index in [1.165, 1.54) is 27.3 Å². The lowest BCUT2D eigenvalue weighted by Crippen LogP contribution is -3.00. The maximum Gasteiger partial charge on any atom is 0.270 e. The summed E-state index contributed by atoms with van der Waals surface area (Å²) >= 11 is 1.53. The first-order chi connectivity index (χ1) is 14.8. The van der Waals surface area contributed by atoms with E-state index in [4.69, 9.17) is 0 Å². The van der Waals surface area contributed by atoms with Crippen LogP contribution in [-0.2, 0) is 4.79 Å². The third-order valence-electron chi connectivity index (χ3n) is 5.79. The number of halogens is 1. The summed E-state index contributed by atoms with van der Waals surface area (Å²) in [6.45, 7) is 0.714. The summed E-state index contributed by atoms with van der Waals surface area (Å²) in [6.07, 6.45) is 2.60. The Balaban J connectivity index is 0.00000231. The monoisotopic (exact) mass is 508 g/mol. The van der Waals surface area contributed by atoms with Gasteiger partial charge in [-0.25, -0.2) is 4.98 Å². The first-order valence-corrected chi connectivity index (χ1v) is 12.8.